The Morgan fingerprint density at radius 2 is 1.52 bits per heavy atom. The van der Waals surface area contributed by atoms with Crippen LogP contribution in [0.2, 0.25) is 33.2 Å². The summed E-state index contributed by atoms with van der Waals surface area (Å²) in [6, 6.07) is 7.00. The molecule has 164 valence electrons. The fraction of sp³-hybridized carbons (Fsp3) is 0.750. The minimum atomic E-state index is -1.79. The summed E-state index contributed by atoms with van der Waals surface area (Å²) < 4.78 is 6.96. The summed E-state index contributed by atoms with van der Waals surface area (Å²) in [6.45, 7) is 9.32. The average molecular weight is 476 g/mol. The normalized spacial score (nSPS) is 27.6. The van der Waals surface area contributed by atoms with Crippen molar-refractivity contribution in [1.29, 1.82) is 0 Å². The third kappa shape index (κ3) is 5.20. The lowest BCUT2D eigenvalue weighted by atomic mass is 9.79. The minimum Gasteiger partial charge on any atom is -0.410 e. The Morgan fingerprint density at radius 1 is 0.966 bits per heavy atom. The van der Waals surface area contributed by atoms with Crippen LogP contribution in [0.3, 0.4) is 0 Å². The van der Waals surface area contributed by atoms with E-state index < -0.39 is 8.32 Å². The molecule has 0 aromatic heterocycles. The molecule has 5 heteroatoms. The van der Waals surface area contributed by atoms with Crippen LogP contribution in [0, 0.1) is 10.8 Å². The van der Waals surface area contributed by atoms with E-state index in [4.69, 9.17) is 39.2 Å². The Labute approximate surface area is 194 Å². The fourth-order valence-electron chi connectivity index (χ4n) is 6.07. The van der Waals surface area contributed by atoms with Gasteiger partial charge in [0, 0.05) is 20.6 Å². The van der Waals surface area contributed by atoms with Crippen LogP contribution in [-0.2, 0) is 4.43 Å². The van der Waals surface area contributed by atoms with Gasteiger partial charge in [-0.05, 0) is 86.0 Å². The van der Waals surface area contributed by atoms with Gasteiger partial charge in [-0.2, -0.15) is 0 Å². The summed E-state index contributed by atoms with van der Waals surface area (Å²) in [5.41, 5.74) is 2.15. The highest BCUT2D eigenvalue weighted by molar-refractivity contribution is 6.73. The zero-order valence-corrected chi connectivity index (χ0v) is 21.8. The molecule has 0 radical (unpaired) electrons. The molecule has 2 fully saturated rings. The quantitative estimate of drug-likeness (QED) is 0.306. The standard InChI is InChI=1S/C24H37Cl3OSi/c1-5-29(6-2,7-3)28-21(22-19(26)15-18(25)16-20(22)27)9-8-10-24-13-11-23(4,17-24)12-14-24/h15-16,21H,5-14,17H2,1-4H3. The van der Waals surface area contributed by atoms with E-state index in [1.807, 2.05) is 12.1 Å². The monoisotopic (exact) mass is 474 g/mol. The lowest BCUT2D eigenvalue weighted by molar-refractivity contribution is 0.163. The Morgan fingerprint density at radius 3 is 1.97 bits per heavy atom. The summed E-state index contributed by atoms with van der Waals surface area (Å²) in [5, 5.41) is 1.87. The van der Waals surface area contributed by atoms with E-state index in [-0.39, 0.29) is 6.10 Å². The first-order chi connectivity index (χ1) is 13.7. The number of hydrogen-bond donors (Lipinski definition) is 0. The van der Waals surface area contributed by atoms with E-state index in [9.17, 15) is 0 Å². The number of benzene rings is 1. The van der Waals surface area contributed by atoms with E-state index in [1.165, 1.54) is 44.9 Å². The molecular weight excluding hydrogens is 439 g/mol. The van der Waals surface area contributed by atoms with Crippen LogP contribution >= 0.6 is 34.8 Å². The molecule has 1 nitrogen and oxygen atoms in total. The van der Waals surface area contributed by atoms with Crippen molar-refractivity contribution in [2.45, 2.75) is 103 Å². The second-order valence-electron chi connectivity index (χ2n) is 10.0. The second kappa shape index (κ2) is 9.41. The van der Waals surface area contributed by atoms with Crippen LogP contribution in [0.15, 0.2) is 12.1 Å². The SMILES string of the molecule is CC[Si](CC)(CC)OC(CCCC12CCC(C)(CC1)C2)c1c(Cl)cc(Cl)cc1Cl. The first-order valence-electron chi connectivity index (χ1n) is 11.5. The topological polar surface area (TPSA) is 9.23 Å². The number of hydrogen-bond acceptors (Lipinski definition) is 1. The molecule has 2 saturated carbocycles. The Hall–Kier alpha value is 0.267. The highest BCUT2D eigenvalue weighted by atomic mass is 35.5. The maximum atomic E-state index is 6.96. The molecule has 2 aliphatic carbocycles. The van der Waals surface area contributed by atoms with Gasteiger partial charge >= 0.3 is 0 Å². The lowest BCUT2D eigenvalue weighted by Crippen LogP contribution is -2.37. The number of fused-ring (bicyclic) bond motifs is 2. The predicted octanol–water partition coefficient (Wildman–Crippen LogP) is 9.85. The highest BCUT2D eigenvalue weighted by Crippen LogP contribution is 2.63. The third-order valence-electron chi connectivity index (χ3n) is 8.18. The fourth-order valence-corrected chi connectivity index (χ4v) is 9.97. The second-order valence-corrected chi connectivity index (χ2v) is 16.0. The Kier molecular flexibility index (Phi) is 7.76. The van der Waals surface area contributed by atoms with Gasteiger partial charge in [0.2, 0.25) is 0 Å². The molecule has 0 amide bonds. The van der Waals surface area contributed by atoms with Crippen molar-refractivity contribution in [2.24, 2.45) is 10.8 Å². The molecule has 0 aliphatic heterocycles. The Balaban J connectivity index is 1.78. The van der Waals surface area contributed by atoms with Crippen LogP contribution in [0.25, 0.3) is 0 Å². The molecule has 1 aromatic carbocycles. The van der Waals surface area contributed by atoms with Crippen LogP contribution in [0.5, 0.6) is 0 Å². The first-order valence-corrected chi connectivity index (χ1v) is 15.2. The lowest BCUT2D eigenvalue weighted by Gasteiger charge is -2.35. The van der Waals surface area contributed by atoms with Crippen molar-refractivity contribution in [3.05, 3.63) is 32.8 Å². The number of halogens is 3. The van der Waals surface area contributed by atoms with Gasteiger partial charge < -0.3 is 4.43 Å². The van der Waals surface area contributed by atoms with Crippen LogP contribution < -0.4 is 0 Å². The van der Waals surface area contributed by atoms with Crippen molar-refractivity contribution >= 4 is 43.1 Å². The van der Waals surface area contributed by atoms with Crippen molar-refractivity contribution in [2.75, 3.05) is 0 Å². The van der Waals surface area contributed by atoms with Crippen LogP contribution in [0.4, 0.5) is 0 Å². The molecule has 1 unspecified atom stereocenters. The third-order valence-corrected chi connectivity index (χ3v) is 13.7. The molecule has 3 rings (SSSR count). The van der Waals surface area contributed by atoms with Crippen LogP contribution in [-0.4, -0.2) is 8.32 Å². The van der Waals surface area contributed by atoms with Gasteiger partial charge in [0.15, 0.2) is 8.32 Å². The number of rotatable bonds is 10. The molecule has 1 aromatic rings. The molecule has 0 N–H and O–H groups in total. The molecule has 0 heterocycles. The predicted molar refractivity (Wildman–Crippen MR) is 130 cm³/mol. The van der Waals surface area contributed by atoms with Gasteiger partial charge in [-0.25, -0.2) is 0 Å². The van der Waals surface area contributed by atoms with Crippen LogP contribution in [0.1, 0.15) is 90.7 Å². The summed E-state index contributed by atoms with van der Waals surface area (Å²) in [6.07, 6.45) is 10.5. The van der Waals surface area contributed by atoms with E-state index in [0.717, 1.165) is 30.1 Å². The zero-order chi connectivity index (χ0) is 21.3. The molecule has 0 spiro atoms. The average Bonchev–Trinajstić information content (AvgIpc) is 3.18. The van der Waals surface area contributed by atoms with Crippen molar-refractivity contribution in [1.82, 2.24) is 0 Å². The maximum Gasteiger partial charge on any atom is 0.192 e. The van der Waals surface area contributed by atoms with E-state index in [1.54, 1.807) is 0 Å². The highest BCUT2D eigenvalue weighted by Gasteiger charge is 2.50. The largest absolute Gasteiger partial charge is 0.410 e. The van der Waals surface area contributed by atoms with E-state index >= 15 is 0 Å². The molecule has 2 aliphatic rings. The molecule has 0 saturated heterocycles. The van der Waals surface area contributed by atoms with Gasteiger partial charge in [0.25, 0.3) is 0 Å². The summed E-state index contributed by atoms with van der Waals surface area (Å²) in [4.78, 5) is 0. The van der Waals surface area contributed by atoms with Crippen molar-refractivity contribution < 1.29 is 4.43 Å². The van der Waals surface area contributed by atoms with Crippen molar-refractivity contribution in [3.8, 4) is 0 Å². The van der Waals surface area contributed by atoms with Gasteiger partial charge in [0.1, 0.15) is 0 Å². The summed E-state index contributed by atoms with van der Waals surface area (Å²) >= 11 is 19.5. The van der Waals surface area contributed by atoms with E-state index in [2.05, 4.69) is 27.7 Å². The van der Waals surface area contributed by atoms with E-state index in [0.29, 0.717) is 25.9 Å². The van der Waals surface area contributed by atoms with Crippen molar-refractivity contribution in [3.63, 3.8) is 0 Å². The summed E-state index contributed by atoms with van der Waals surface area (Å²) in [7, 11) is -1.79. The van der Waals surface area contributed by atoms with Gasteiger partial charge in [-0.1, -0.05) is 68.9 Å². The van der Waals surface area contributed by atoms with Gasteiger partial charge in [0.05, 0.1) is 6.10 Å². The first kappa shape index (κ1) is 23.9. The van der Waals surface area contributed by atoms with Gasteiger partial charge in [-0.3, -0.25) is 0 Å². The molecule has 2 bridgehead atoms. The molecular formula is C24H37Cl3OSi. The molecule has 1 atom stereocenters. The van der Waals surface area contributed by atoms with Gasteiger partial charge in [-0.15, -0.1) is 0 Å². The zero-order valence-electron chi connectivity index (χ0n) is 18.6. The smallest absolute Gasteiger partial charge is 0.192 e. The minimum absolute atomic E-state index is 0.0237. The summed E-state index contributed by atoms with van der Waals surface area (Å²) in [5.74, 6) is 0. The Bertz CT molecular complexity index is 677. The maximum absolute atomic E-state index is 6.96. The molecule has 29 heavy (non-hydrogen) atoms.